The quantitative estimate of drug-likeness (QED) is 0.467. The van der Waals surface area contributed by atoms with Crippen molar-refractivity contribution in [3.05, 3.63) is 45.1 Å². The number of carbonyl (C=O) groups is 1. The summed E-state index contributed by atoms with van der Waals surface area (Å²) < 4.78 is 9.17. The van der Waals surface area contributed by atoms with Crippen LogP contribution in [0.5, 0.6) is 0 Å². The minimum atomic E-state index is -0.271. The van der Waals surface area contributed by atoms with Crippen molar-refractivity contribution < 1.29 is 9.53 Å². The average molecular weight is 420 g/mol. The number of hydrogen-bond donors (Lipinski definition) is 1. The minimum Gasteiger partial charge on any atom is -0.376 e. The number of aromatic nitrogens is 5. The van der Waals surface area contributed by atoms with Crippen LogP contribution in [0.3, 0.4) is 0 Å². The van der Waals surface area contributed by atoms with E-state index in [0.29, 0.717) is 17.3 Å². The molecule has 1 fully saturated rings. The number of rotatable bonds is 7. The van der Waals surface area contributed by atoms with Gasteiger partial charge in [-0.15, -0.1) is 16.4 Å². The highest BCUT2D eigenvalue weighted by Crippen LogP contribution is 2.25. The van der Waals surface area contributed by atoms with E-state index >= 15 is 0 Å². The highest BCUT2D eigenvalue weighted by molar-refractivity contribution is 7.99. The molecule has 3 aromatic heterocycles. The third kappa shape index (κ3) is 3.71. The molecule has 4 heterocycles. The van der Waals surface area contributed by atoms with Crippen LogP contribution in [0.4, 0.5) is 0 Å². The zero-order valence-corrected chi connectivity index (χ0v) is 17.3. The van der Waals surface area contributed by atoms with Crippen LogP contribution in [0.15, 0.2) is 27.6 Å². The summed E-state index contributed by atoms with van der Waals surface area (Å²) in [6.07, 6.45) is 3.72. The third-order valence-corrected chi connectivity index (χ3v) is 6.54. The summed E-state index contributed by atoms with van der Waals surface area (Å²) in [7, 11) is 0. The molecule has 0 spiro atoms. The molecule has 4 rings (SSSR count). The maximum atomic E-state index is 12.8. The first kappa shape index (κ1) is 19.2. The Morgan fingerprint density at radius 1 is 1.46 bits per heavy atom. The van der Waals surface area contributed by atoms with Gasteiger partial charge in [0.25, 0.3) is 0 Å². The maximum absolute atomic E-state index is 12.8. The summed E-state index contributed by atoms with van der Waals surface area (Å²) >= 11 is 2.80. The van der Waals surface area contributed by atoms with E-state index in [-0.39, 0.29) is 23.3 Å². The molecule has 1 N–H and O–H groups in total. The molecule has 1 aliphatic rings. The molecule has 0 aromatic carbocycles. The van der Waals surface area contributed by atoms with E-state index in [1.807, 2.05) is 29.9 Å². The summed E-state index contributed by atoms with van der Waals surface area (Å²) in [5, 5.41) is 9.83. The van der Waals surface area contributed by atoms with Crippen LogP contribution in [0.1, 0.15) is 34.6 Å². The van der Waals surface area contributed by atoms with E-state index in [4.69, 9.17) is 4.74 Å². The fourth-order valence-electron chi connectivity index (χ4n) is 3.44. The Morgan fingerprint density at radius 2 is 2.32 bits per heavy atom. The molecule has 10 heteroatoms. The summed E-state index contributed by atoms with van der Waals surface area (Å²) in [6, 6.07) is 1.89. The number of aromatic amines is 1. The van der Waals surface area contributed by atoms with E-state index in [9.17, 15) is 9.59 Å². The second-order valence-electron chi connectivity index (χ2n) is 6.70. The molecule has 0 radical (unpaired) electrons. The highest BCUT2D eigenvalue weighted by atomic mass is 32.2. The standard InChI is InChI=1S/C18H21N5O3S2/c1-11-8-14(12(2)23(11)17-19-5-7-27-17)15(24)10-28-18-21-20-16(25)22(18)9-13-4-3-6-26-13/h5,7-8,13H,3-4,6,9-10H2,1-2H3,(H,20,25)/t13-/m1/s1. The van der Waals surface area contributed by atoms with Crippen molar-refractivity contribution in [3.63, 3.8) is 0 Å². The van der Waals surface area contributed by atoms with E-state index in [1.54, 1.807) is 10.8 Å². The van der Waals surface area contributed by atoms with E-state index in [1.165, 1.54) is 23.1 Å². The van der Waals surface area contributed by atoms with Crippen LogP contribution >= 0.6 is 23.1 Å². The number of aryl methyl sites for hydroxylation is 1. The predicted molar refractivity (Wildman–Crippen MR) is 108 cm³/mol. The lowest BCUT2D eigenvalue weighted by molar-refractivity contribution is 0.0941. The Bertz CT molecular complexity index is 1030. The number of carbonyl (C=O) groups excluding carboxylic acids is 1. The minimum absolute atomic E-state index is 0.0000199. The number of H-pyrrole nitrogens is 1. The summed E-state index contributed by atoms with van der Waals surface area (Å²) in [5.41, 5.74) is 2.24. The fourth-order valence-corrected chi connectivity index (χ4v) is 5.03. The molecular formula is C18H21N5O3S2. The first-order valence-corrected chi connectivity index (χ1v) is 10.9. The number of Topliss-reactive ketones (excluding diaryl/α,β-unsaturated/α-hetero) is 1. The Labute approximate surface area is 169 Å². The second kappa shape index (κ2) is 8.06. The smallest absolute Gasteiger partial charge is 0.344 e. The Balaban J connectivity index is 1.48. The summed E-state index contributed by atoms with van der Waals surface area (Å²) in [6.45, 7) is 5.08. The van der Waals surface area contributed by atoms with Gasteiger partial charge in [-0.1, -0.05) is 11.8 Å². The van der Waals surface area contributed by atoms with Gasteiger partial charge in [0.2, 0.25) is 0 Å². The first-order valence-electron chi connectivity index (χ1n) is 9.06. The lowest BCUT2D eigenvalue weighted by Crippen LogP contribution is -2.25. The van der Waals surface area contributed by atoms with Crippen molar-refractivity contribution in [1.82, 2.24) is 24.3 Å². The number of ketones is 1. The lowest BCUT2D eigenvalue weighted by Gasteiger charge is -2.10. The number of thiazole rings is 1. The van der Waals surface area contributed by atoms with Gasteiger partial charge < -0.3 is 4.74 Å². The molecule has 148 valence electrons. The molecule has 1 saturated heterocycles. The van der Waals surface area contributed by atoms with Gasteiger partial charge in [-0.25, -0.2) is 14.9 Å². The number of nitrogens with one attached hydrogen (secondary N) is 1. The number of hydrogen-bond acceptors (Lipinski definition) is 7. The van der Waals surface area contributed by atoms with E-state index < -0.39 is 0 Å². The van der Waals surface area contributed by atoms with Gasteiger partial charge >= 0.3 is 5.69 Å². The van der Waals surface area contributed by atoms with Crippen molar-refractivity contribution in [3.8, 4) is 5.13 Å². The fraction of sp³-hybridized carbons (Fsp3) is 0.444. The molecule has 0 amide bonds. The average Bonchev–Trinajstić information content (AvgIpc) is 3.45. The SMILES string of the molecule is Cc1cc(C(=O)CSc2n[nH]c(=O)n2C[C@H]2CCCO2)c(C)n1-c1nccs1. The molecule has 3 aromatic rings. The Kier molecular flexibility index (Phi) is 5.51. The molecule has 0 saturated carbocycles. The van der Waals surface area contributed by atoms with Crippen LogP contribution in [0.25, 0.3) is 5.13 Å². The van der Waals surface area contributed by atoms with Crippen LogP contribution in [0, 0.1) is 13.8 Å². The van der Waals surface area contributed by atoms with Crippen molar-refractivity contribution in [1.29, 1.82) is 0 Å². The Hall–Kier alpha value is -2.17. The van der Waals surface area contributed by atoms with Gasteiger partial charge in [0.1, 0.15) is 0 Å². The monoisotopic (exact) mass is 419 g/mol. The Morgan fingerprint density at radius 3 is 3.04 bits per heavy atom. The van der Waals surface area contributed by atoms with Crippen molar-refractivity contribution in [2.75, 3.05) is 12.4 Å². The molecule has 0 bridgehead atoms. The predicted octanol–water partition coefficient (Wildman–Crippen LogP) is 2.59. The first-order chi connectivity index (χ1) is 13.5. The second-order valence-corrected chi connectivity index (χ2v) is 8.52. The largest absolute Gasteiger partial charge is 0.376 e. The van der Waals surface area contributed by atoms with Gasteiger partial charge in [-0.2, -0.15) is 0 Å². The summed E-state index contributed by atoms with van der Waals surface area (Å²) in [4.78, 5) is 29.2. The lowest BCUT2D eigenvalue weighted by atomic mass is 10.2. The van der Waals surface area contributed by atoms with Gasteiger partial charge in [0.15, 0.2) is 16.1 Å². The van der Waals surface area contributed by atoms with Crippen LogP contribution in [-0.2, 0) is 11.3 Å². The van der Waals surface area contributed by atoms with Gasteiger partial charge in [-0.3, -0.25) is 13.9 Å². The number of ether oxygens (including phenoxy) is 1. The van der Waals surface area contributed by atoms with Crippen LogP contribution in [-0.4, -0.2) is 48.6 Å². The topological polar surface area (TPSA) is 94.8 Å². The third-order valence-electron chi connectivity index (χ3n) is 4.81. The number of thioether (sulfide) groups is 1. The zero-order valence-electron chi connectivity index (χ0n) is 15.7. The molecule has 8 nitrogen and oxygen atoms in total. The molecule has 28 heavy (non-hydrogen) atoms. The van der Waals surface area contributed by atoms with Crippen LogP contribution in [0.2, 0.25) is 0 Å². The number of nitrogens with zero attached hydrogens (tertiary/aromatic N) is 4. The van der Waals surface area contributed by atoms with E-state index in [0.717, 1.165) is 36.0 Å². The van der Waals surface area contributed by atoms with Crippen LogP contribution < -0.4 is 5.69 Å². The van der Waals surface area contributed by atoms with E-state index in [2.05, 4.69) is 15.2 Å². The highest BCUT2D eigenvalue weighted by Gasteiger charge is 2.22. The molecule has 0 unspecified atom stereocenters. The van der Waals surface area contributed by atoms with Crippen molar-refractivity contribution >= 4 is 28.9 Å². The molecule has 1 atom stereocenters. The normalized spacial score (nSPS) is 16.7. The van der Waals surface area contributed by atoms with Crippen molar-refractivity contribution in [2.24, 2.45) is 0 Å². The van der Waals surface area contributed by atoms with Crippen molar-refractivity contribution in [2.45, 2.75) is 44.5 Å². The molecule has 1 aliphatic heterocycles. The zero-order chi connectivity index (χ0) is 19.7. The molecule has 0 aliphatic carbocycles. The van der Waals surface area contributed by atoms with Gasteiger partial charge in [-0.05, 0) is 32.8 Å². The van der Waals surface area contributed by atoms with Gasteiger partial charge in [0.05, 0.1) is 18.4 Å². The maximum Gasteiger partial charge on any atom is 0.344 e. The van der Waals surface area contributed by atoms with Gasteiger partial charge in [0, 0.05) is 35.1 Å². The molecular weight excluding hydrogens is 398 g/mol. The summed E-state index contributed by atoms with van der Waals surface area (Å²) in [5.74, 6) is 0.206.